The molecule has 0 spiro atoms. The zero-order valence-corrected chi connectivity index (χ0v) is 20.4. The number of para-hydroxylation sites is 1. The molecule has 4 heterocycles. The Morgan fingerprint density at radius 3 is 2.62 bits per heavy atom. The number of fused-ring (bicyclic) bond motifs is 2. The number of carbonyl (C=O) groups is 2. The number of thiophene rings is 1. The molecule has 2 aromatic heterocycles. The largest absolute Gasteiger partial charge is 0.340 e. The van der Waals surface area contributed by atoms with Crippen molar-refractivity contribution in [3.8, 4) is 0 Å². The Hall–Kier alpha value is -3.04. The molecule has 178 valence electrons. The predicted molar refractivity (Wildman–Crippen MR) is 134 cm³/mol. The normalized spacial score (nSPS) is 16.3. The van der Waals surface area contributed by atoms with E-state index in [1.807, 2.05) is 41.8 Å². The van der Waals surface area contributed by atoms with Gasteiger partial charge in [-0.3, -0.25) is 19.3 Å². The van der Waals surface area contributed by atoms with Crippen LogP contribution >= 0.6 is 11.3 Å². The lowest BCUT2D eigenvalue weighted by molar-refractivity contribution is -0.133. The van der Waals surface area contributed by atoms with Crippen LogP contribution in [-0.2, 0) is 22.4 Å². The molecule has 9 heteroatoms. The lowest BCUT2D eigenvalue weighted by Crippen LogP contribution is -2.51. The molecule has 0 aliphatic carbocycles. The molecule has 0 bridgehead atoms. The number of aromatic amines is 1. The zero-order valence-electron chi connectivity index (χ0n) is 19.6. The average Bonchev–Trinajstić information content (AvgIpc) is 3.39. The molecular weight excluding hydrogens is 450 g/mol. The Kier molecular flexibility index (Phi) is 6.22. The Morgan fingerprint density at radius 1 is 1.06 bits per heavy atom. The zero-order chi connectivity index (χ0) is 23.8. The maximum Gasteiger partial charge on any atom is 0.259 e. The van der Waals surface area contributed by atoms with E-state index in [0.717, 1.165) is 33.9 Å². The number of rotatable bonds is 5. The number of aromatic nitrogens is 2. The standard InChI is InChI=1S/C25H29N5O3S/c1-16-17(2)34-25-23(16)24(33)26-20(27-25)7-8-21(31)29-13-11-28(12-14-29)15-22(32)30-10-9-18-5-3-4-6-19(18)30/h3-6H,7-15H2,1-2H3,(H,26,27,33). The summed E-state index contributed by atoms with van der Waals surface area (Å²) in [5.41, 5.74) is 3.10. The number of benzene rings is 1. The highest BCUT2D eigenvalue weighted by atomic mass is 32.1. The number of hydrogen-bond donors (Lipinski definition) is 1. The molecule has 8 nitrogen and oxygen atoms in total. The number of amides is 2. The van der Waals surface area contributed by atoms with E-state index in [1.54, 1.807) is 0 Å². The van der Waals surface area contributed by atoms with E-state index in [4.69, 9.17) is 0 Å². The van der Waals surface area contributed by atoms with Gasteiger partial charge in [0.2, 0.25) is 11.8 Å². The van der Waals surface area contributed by atoms with Crippen molar-refractivity contribution in [1.29, 1.82) is 0 Å². The summed E-state index contributed by atoms with van der Waals surface area (Å²) in [6, 6.07) is 8.08. The van der Waals surface area contributed by atoms with Crippen molar-refractivity contribution in [3.63, 3.8) is 0 Å². The predicted octanol–water partition coefficient (Wildman–Crippen LogP) is 2.27. The van der Waals surface area contributed by atoms with Crippen LogP contribution in [0.3, 0.4) is 0 Å². The third-order valence-electron chi connectivity index (χ3n) is 6.94. The van der Waals surface area contributed by atoms with Crippen molar-refractivity contribution in [2.24, 2.45) is 0 Å². The molecule has 0 unspecified atom stereocenters. The minimum absolute atomic E-state index is 0.0562. The Balaban J connectivity index is 1.12. The van der Waals surface area contributed by atoms with Crippen LogP contribution in [0.25, 0.3) is 10.2 Å². The second-order valence-electron chi connectivity index (χ2n) is 9.06. The molecule has 5 rings (SSSR count). The van der Waals surface area contributed by atoms with Gasteiger partial charge in [-0.05, 0) is 37.5 Å². The minimum Gasteiger partial charge on any atom is -0.340 e. The van der Waals surface area contributed by atoms with Crippen molar-refractivity contribution in [1.82, 2.24) is 19.8 Å². The average molecular weight is 480 g/mol. The summed E-state index contributed by atoms with van der Waals surface area (Å²) in [6.45, 7) is 7.62. The van der Waals surface area contributed by atoms with Crippen LogP contribution in [0.1, 0.15) is 28.2 Å². The first-order chi connectivity index (χ1) is 16.4. The molecule has 1 N–H and O–H groups in total. The molecule has 0 saturated carbocycles. The third kappa shape index (κ3) is 4.37. The van der Waals surface area contributed by atoms with Gasteiger partial charge in [-0.25, -0.2) is 4.98 Å². The molecular formula is C25H29N5O3S. The van der Waals surface area contributed by atoms with Gasteiger partial charge >= 0.3 is 0 Å². The minimum atomic E-state index is -0.131. The van der Waals surface area contributed by atoms with Gasteiger partial charge < -0.3 is 14.8 Å². The van der Waals surface area contributed by atoms with Crippen LogP contribution < -0.4 is 10.5 Å². The van der Waals surface area contributed by atoms with Gasteiger partial charge in [0.1, 0.15) is 10.7 Å². The van der Waals surface area contributed by atoms with Crippen LogP contribution in [0.4, 0.5) is 5.69 Å². The van der Waals surface area contributed by atoms with Crippen molar-refractivity contribution >= 4 is 39.1 Å². The summed E-state index contributed by atoms with van der Waals surface area (Å²) in [5, 5.41) is 0.653. The highest BCUT2D eigenvalue weighted by Gasteiger charge is 2.28. The fourth-order valence-electron chi connectivity index (χ4n) is 4.83. The molecule has 2 aliphatic rings. The smallest absolute Gasteiger partial charge is 0.259 e. The van der Waals surface area contributed by atoms with Crippen LogP contribution in [0, 0.1) is 13.8 Å². The summed E-state index contributed by atoms with van der Waals surface area (Å²) in [7, 11) is 0. The maximum absolute atomic E-state index is 12.9. The number of hydrogen-bond acceptors (Lipinski definition) is 6. The topological polar surface area (TPSA) is 89.6 Å². The third-order valence-corrected chi connectivity index (χ3v) is 8.04. The number of piperazine rings is 1. The summed E-state index contributed by atoms with van der Waals surface area (Å²) >= 11 is 1.52. The van der Waals surface area contributed by atoms with E-state index in [1.165, 1.54) is 16.9 Å². The molecule has 1 aromatic carbocycles. The van der Waals surface area contributed by atoms with Crippen LogP contribution in [-0.4, -0.2) is 70.9 Å². The first kappa shape index (κ1) is 22.7. The molecule has 1 saturated heterocycles. The first-order valence-corrected chi connectivity index (χ1v) is 12.6. The second kappa shape index (κ2) is 9.31. The number of anilines is 1. The molecule has 2 aliphatic heterocycles. The van der Waals surface area contributed by atoms with Gasteiger partial charge in [-0.1, -0.05) is 18.2 Å². The van der Waals surface area contributed by atoms with E-state index in [9.17, 15) is 14.4 Å². The van der Waals surface area contributed by atoms with Crippen molar-refractivity contribution in [2.45, 2.75) is 33.1 Å². The Labute approximate surface area is 202 Å². The second-order valence-corrected chi connectivity index (χ2v) is 10.3. The first-order valence-electron chi connectivity index (χ1n) is 11.8. The number of carbonyl (C=O) groups excluding carboxylic acids is 2. The van der Waals surface area contributed by atoms with Gasteiger partial charge in [0.05, 0.1) is 11.9 Å². The Bertz CT molecular complexity index is 1310. The SMILES string of the molecule is Cc1sc2nc(CCC(=O)N3CCN(CC(=O)N4CCc5ccccc54)CC3)[nH]c(=O)c2c1C. The van der Waals surface area contributed by atoms with Crippen LogP contribution in [0.5, 0.6) is 0 Å². The molecule has 0 radical (unpaired) electrons. The van der Waals surface area contributed by atoms with E-state index in [0.29, 0.717) is 56.8 Å². The lowest BCUT2D eigenvalue weighted by atomic mass is 10.2. The summed E-state index contributed by atoms with van der Waals surface area (Å²) in [5.74, 6) is 0.733. The van der Waals surface area contributed by atoms with Crippen molar-refractivity contribution in [2.75, 3.05) is 44.2 Å². The Morgan fingerprint density at radius 2 is 1.82 bits per heavy atom. The van der Waals surface area contributed by atoms with Gasteiger partial charge in [-0.15, -0.1) is 11.3 Å². The van der Waals surface area contributed by atoms with Crippen molar-refractivity contribution < 1.29 is 9.59 Å². The fraction of sp³-hybridized carbons (Fsp3) is 0.440. The molecule has 3 aromatic rings. The molecule has 2 amide bonds. The fourth-order valence-corrected chi connectivity index (χ4v) is 5.88. The van der Waals surface area contributed by atoms with E-state index in [2.05, 4.69) is 20.9 Å². The number of nitrogens with zero attached hydrogens (tertiary/aromatic N) is 4. The maximum atomic E-state index is 12.9. The van der Waals surface area contributed by atoms with Gasteiger partial charge in [0.25, 0.3) is 5.56 Å². The molecule has 1 fully saturated rings. The highest BCUT2D eigenvalue weighted by molar-refractivity contribution is 7.18. The quantitative estimate of drug-likeness (QED) is 0.606. The van der Waals surface area contributed by atoms with Gasteiger partial charge in [0, 0.05) is 56.1 Å². The monoisotopic (exact) mass is 479 g/mol. The summed E-state index contributed by atoms with van der Waals surface area (Å²) in [4.78, 5) is 53.2. The molecule has 34 heavy (non-hydrogen) atoms. The van der Waals surface area contributed by atoms with Crippen LogP contribution in [0.15, 0.2) is 29.1 Å². The van der Waals surface area contributed by atoms with Gasteiger partial charge in [0.15, 0.2) is 0 Å². The van der Waals surface area contributed by atoms with E-state index >= 15 is 0 Å². The number of aryl methyl sites for hydroxylation is 3. The summed E-state index contributed by atoms with van der Waals surface area (Å²) < 4.78 is 0. The van der Waals surface area contributed by atoms with Gasteiger partial charge in [-0.2, -0.15) is 0 Å². The molecule has 0 atom stereocenters. The number of nitrogens with one attached hydrogen (secondary N) is 1. The van der Waals surface area contributed by atoms with Crippen molar-refractivity contribution in [3.05, 3.63) is 56.4 Å². The van der Waals surface area contributed by atoms with E-state index < -0.39 is 0 Å². The summed E-state index contributed by atoms with van der Waals surface area (Å²) in [6.07, 6.45) is 1.62. The van der Waals surface area contributed by atoms with Crippen LogP contribution in [0.2, 0.25) is 0 Å². The number of H-pyrrole nitrogens is 1. The van der Waals surface area contributed by atoms with E-state index in [-0.39, 0.29) is 17.4 Å². The lowest BCUT2D eigenvalue weighted by Gasteiger charge is -2.35. The highest BCUT2D eigenvalue weighted by Crippen LogP contribution is 2.28.